The minimum absolute atomic E-state index is 0.109. The van der Waals surface area contributed by atoms with Crippen LogP contribution in [0.5, 0.6) is 0 Å². The summed E-state index contributed by atoms with van der Waals surface area (Å²) in [6.07, 6.45) is 1.55. The molecule has 26 heavy (non-hydrogen) atoms. The second-order valence-electron chi connectivity index (χ2n) is 6.66. The smallest absolute Gasteiger partial charge is 0.254 e. The van der Waals surface area contributed by atoms with E-state index in [1.807, 2.05) is 13.8 Å². The fourth-order valence-corrected chi connectivity index (χ4v) is 3.04. The van der Waals surface area contributed by atoms with E-state index in [1.165, 1.54) is 6.07 Å². The first-order valence-corrected chi connectivity index (χ1v) is 8.69. The number of ether oxygens (including phenoxy) is 1. The highest BCUT2D eigenvalue weighted by molar-refractivity contribution is 6.06. The van der Waals surface area contributed by atoms with Crippen LogP contribution >= 0.6 is 0 Å². The molecule has 1 saturated heterocycles. The molecule has 1 fully saturated rings. The van der Waals surface area contributed by atoms with Crippen molar-refractivity contribution in [3.05, 3.63) is 41.8 Å². The molecule has 1 aliphatic rings. The van der Waals surface area contributed by atoms with Crippen molar-refractivity contribution in [1.82, 2.24) is 15.2 Å². The molecule has 7 heteroatoms. The fourth-order valence-electron chi connectivity index (χ4n) is 3.04. The third-order valence-electron chi connectivity index (χ3n) is 4.46. The molecule has 0 bridgehead atoms. The van der Waals surface area contributed by atoms with Crippen molar-refractivity contribution in [1.29, 1.82) is 0 Å². The van der Waals surface area contributed by atoms with Gasteiger partial charge in [-0.1, -0.05) is 19.9 Å². The van der Waals surface area contributed by atoms with Crippen LogP contribution in [0.15, 0.2) is 30.5 Å². The molecule has 1 aromatic carbocycles. The number of aromatic nitrogens is 1. The van der Waals surface area contributed by atoms with E-state index in [4.69, 9.17) is 4.74 Å². The van der Waals surface area contributed by atoms with Crippen molar-refractivity contribution in [2.75, 3.05) is 26.3 Å². The summed E-state index contributed by atoms with van der Waals surface area (Å²) >= 11 is 0. The van der Waals surface area contributed by atoms with Crippen LogP contribution in [-0.4, -0.2) is 54.0 Å². The van der Waals surface area contributed by atoms with Gasteiger partial charge in [-0.25, -0.2) is 4.39 Å². The van der Waals surface area contributed by atoms with Crippen molar-refractivity contribution in [3.63, 3.8) is 0 Å². The van der Waals surface area contributed by atoms with Gasteiger partial charge in [0.1, 0.15) is 11.9 Å². The standard InChI is InChI=1S/C19H22FN3O3/c1-12(2)16(19(25)23-6-8-26-9-7-23)22-18(24)15-11-14(20)10-13-4-3-5-21-17(13)15/h3-5,10-12,16H,6-9H2,1-2H3,(H,22,24). The normalized spacial score (nSPS) is 15.9. The zero-order valence-corrected chi connectivity index (χ0v) is 14.9. The zero-order valence-electron chi connectivity index (χ0n) is 14.9. The van der Waals surface area contributed by atoms with E-state index in [-0.39, 0.29) is 17.4 Å². The molecular formula is C19H22FN3O3. The summed E-state index contributed by atoms with van der Waals surface area (Å²) in [5, 5.41) is 3.31. The van der Waals surface area contributed by atoms with Crippen molar-refractivity contribution in [2.24, 2.45) is 5.92 Å². The van der Waals surface area contributed by atoms with Gasteiger partial charge in [0.05, 0.1) is 24.3 Å². The van der Waals surface area contributed by atoms with Crippen LogP contribution in [-0.2, 0) is 9.53 Å². The zero-order chi connectivity index (χ0) is 18.7. The lowest BCUT2D eigenvalue weighted by Gasteiger charge is -2.32. The molecule has 0 saturated carbocycles. The summed E-state index contributed by atoms with van der Waals surface area (Å²) in [5.74, 6) is -1.28. The molecule has 0 radical (unpaired) electrons. The molecule has 1 aromatic heterocycles. The van der Waals surface area contributed by atoms with Crippen LogP contribution in [0.25, 0.3) is 10.9 Å². The van der Waals surface area contributed by atoms with E-state index in [0.29, 0.717) is 37.2 Å². The summed E-state index contributed by atoms with van der Waals surface area (Å²) in [6, 6.07) is 5.17. The predicted molar refractivity (Wildman–Crippen MR) is 95.2 cm³/mol. The molecule has 2 aromatic rings. The molecule has 0 spiro atoms. The molecule has 2 amide bonds. The minimum atomic E-state index is -0.692. The van der Waals surface area contributed by atoms with Crippen LogP contribution < -0.4 is 5.32 Å². The Morgan fingerprint density at radius 1 is 1.27 bits per heavy atom. The summed E-state index contributed by atoms with van der Waals surface area (Å²) in [6.45, 7) is 5.72. The first-order valence-electron chi connectivity index (χ1n) is 8.69. The molecule has 6 nitrogen and oxygen atoms in total. The maximum absolute atomic E-state index is 13.9. The quantitative estimate of drug-likeness (QED) is 0.906. The second-order valence-corrected chi connectivity index (χ2v) is 6.66. The number of nitrogens with one attached hydrogen (secondary N) is 1. The lowest BCUT2D eigenvalue weighted by atomic mass is 10.0. The summed E-state index contributed by atoms with van der Waals surface area (Å²) in [5.41, 5.74) is 0.536. The third-order valence-corrected chi connectivity index (χ3v) is 4.46. The van der Waals surface area contributed by atoms with Gasteiger partial charge in [-0.15, -0.1) is 0 Å². The Morgan fingerprint density at radius 2 is 2.00 bits per heavy atom. The van der Waals surface area contributed by atoms with Crippen LogP contribution in [0.3, 0.4) is 0 Å². The lowest BCUT2D eigenvalue weighted by molar-refractivity contribution is -0.138. The Morgan fingerprint density at radius 3 is 2.69 bits per heavy atom. The van der Waals surface area contributed by atoms with Crippen LogP contribution in [0.2, 0.25) is 0 Å². The monoisotopic (exact) mass is 359 g/mol. The summed E-state index contributed by atoms with van der Waals surface area (Å²) in [4.78, 5) is 31.5. The van der Waals surface area contributed by atoms with Gasteiger partial charge < -0.3 is 15.0 Å². The van der Waals surface area contributed by atoms with Gasteiger partial charge in [-0.3, -0.25) is 14.6 Å². The number of carbonyl (C=O) groups is 2. The average Bonchev–Trinajstić information content (AvgIpc) is 2.65. The Hall–Kier alpha value is -2.54. The first-order chi connectivity index (χ1) is 12.5. The molecule has 1 unspecified atom stereocenters. The number of benzene rings is 1. The predicted octanol–water partition coefficient (Wildman–Crippen LogP) is 1.99. The van der Waals surface area contributed by atoms with E-state index in [1.54, 1.807) is 23.2 Å². The number of carbonyl (C=O) groups excluding carboxylic acids is 2. The summed E-state index contributed by atoms with van der Waals surface area (Å²) < 4.78 is 19.2. The highest BCUT2D eigenvalue weighted by atomic mass is 19.1. The van der Waals surface area contributed by atoms with Crippen molar-refractivity contribution in [3.8, 4) is 0 Å². The van der Waals surface area contributed by atoms with Crippen molar-refractivity contribution in [2.45, 2.75) is 19.9 Å². The minimum Gasteiger partial charge on any atom is -0.378 e. The number of fused-ring (bicyclic) bond motifs is 1. The molecule has 3 rings (SSSR count). The lowest BCUT2D eigenvalue weighted by Crippen LogP contribution is -2.53. The van der Waals surface area contributed by atoms with Gasteiger partial charge in [0, 0.05) is 24.7 Å². The maximum atomic E-state index is 13.9. The first kappa shape index (κ1) is 18.3. The SMILES string of the molecule is CC(C)C(NC(=O)c1cc(F)cc2cccnc12)C(=O)N1CCOCC1. The van der Waals surface area contributed by atoms with Gasteiger partial charge in [0.2, 0.25) is 5.91 Å². The number of morpholine rings is 1. The van der Waals surface area contributed by atoms with Gasteiger partial charge in [-0.05, 0) is 24.1 Å². The van der Waals surface area contributed by atoms with E-state index in [9.17, 15) is 14.0 Å². The van der Waals surface area contributed by atoms with Crippen LogP contribution in [0.1, 0.15) is 24.2 Å². The van der Waals surface area contributed by atoms with Gasteiger partial charge in [-0.2, -0.15) is 0 Å². The average molecular weight is 359 g/mol. The van der Waals surface area contributed by atoms with Gasteiger partial charge >= 0.3 is 0 Å². The third kappa shape index (κ3) is 3.83. The van der Waals surface area contributed by atoms with Crippen LogP contribution in [0.4, 0.5) is 4.39 Å². The van der Waals surface area contributed by atoms with E-state index < -0.39 is 17.8 Å². The van der Waals surface area contributed by atoms with Gasteiger partial charge in [0.15, 0.2) is 0 Å². The second kappa shape index (κ2) is 7.78. The number of hydrogen-bond donors (Lipinski definition) is 1. The maximum Gasteiger partial charge on any atom is 0.254 e. The van der Waals surface area contributed by atoms with E-state index in [2.05, 4.69) is 10.3 Å². The molecule has 0 aliphatic carbocycles. The number of halogens is 1. The molecule has 138 valence electrons. The Balaban J connectivity index is 1.86. The largest absolute Gasteiger partial charge is 0.378 e. The van der Waals surface area contributed by atoms with E-state index >= 15 is 0 Å². The van der Waals surface area contributed by atoms with Crippen molar-refractivity contribution >= 4 is 22.7 Å². The molecule has 2 heterocycles. The molecule has 1 N–H and O–H groups in total. The Kier molecular flexibility index (Phi) is 5.46. The number of amides is 2. The number of nitrogens with zero attached hydrogens (tertiary/aromatic N) is 2. The Labute approximate surface area is 151 Å². The Bertz CT molecular complexity index is 819. The van der Waals surface area contributed by atoms with Crippen LogP contribution in [0, 0.1) is 11.7 Å². The van der Waals surface area contributed by atoms with Gasteiger partial charge in [0.25, 0.3) is 5.91 Å². The molecular weight excluding hydrogens is 337 g/mol. The number of rotatable bonds is 4. The topological polar surface area (TPSA) is 71.5 Å². The fraction of sp³-hybridized carbons (Fsp3) is 0.421. The van der Waals surface area contributed by atoms with Crippen molar-refractivity contribution < 1.29 is 18.7 Å². The molecule has 1 aliphatic heterocycles. The molecule has 1 atom stereocenters. The summed E-state index contributed by atoms with van der Waals surface area (Å²) in [7, 11) is 0. The highest BCUT2D eigenvalue weighted by Gasteiger charge is 2.30. The highest BCUT2D eigenvalue weighted by Crippen LogP contribution is 2.19. The van der Waals surface area contributed by atoms with E-state index in [0.717, 1.165) is 6.07 Å². The number of pyridine rings is 1. The number of hydrogen-bond acceptors (Lipinski definition) is 4.